The monoisotopic (exact) mass is 402 g/mol. The molecule has 0 atom stereocenters. The number of amides is 1. The molecule has 148 valence electrons. The van der Waals surface area contributed by atoms with Gasteiger partial charge in [0.15, 0.2) is 17.3 Å². The normalized spacial score (nSPS) is 11.3. The van der Waals surface area contributed by atoms with Crippen molar-refractivity contribution in [2.24, 2.45) is 0 Å². The predicted octanol–water partition coefficient (Wildman–Crippen LogP) is 3.11. The van der Waals surface area contributed by atoms with Gasteiger partial charge in [-0.3, -0.25) is 4.79 Å². The molecule has 0 saturated heterocycles. The molecule has 8 nitrogen and oxygen atoms in total. The van der Waals surface area contributed by atoms with Gasteiger partial charge in [0.1, 0.15) is 5.01 Å². The number of thiazole rings is 1. The Morgan fingerprint density at radius 2 is 1.96 bits per heavy atom. The average Bonchev–Trinajstić information content (AvgIpc) is 3.30. The highest BCUT2D eigenvalue weighted by molar-refractivity contribution is 7.13. The summed E-state index contributed by atoms with van der Waals surface area (Å²) in [5.41, 5.74) is 0.848. The average molecular weight is 402 g/mol. The zero-order valence-corrected chi connectivity index (χ0v) is 17.2. The number of nitrogens with one attached hydrogen (secondary N) is 1. The summed E-state index contributed by atoms with van der Waals surface area (Å²) in [5.74, 6) is 2.00. The number of methoxy groups -OCH3 is 2. The van der Waals surface area contributed by atoms with Gasteiger partial charge in [-0.1, -0.05) is 5.16 Å². The Morgan fingerprint density at radius 3 is 2.61 bits per heavy atom. The minimum atomic E-state index is -0.739. The molecule has 2 aromatic heterocycles. The fourth-order valence-corrected chi connectivity index (χ4v) is 3.47. The smallest absolute Gasteiger partial charge is 0.226 e. The Balaban J connectivity index is 1.70. The number of nitrogens with zero attached hydrogens (tertiary/aromatic N) is 3. The fraction of sp³-hybridized carbons (Fsp3) is 0.368. The van der Waals surface area contributed by atoms with Gasteiger partial charge in [0.05, 0.1) is 31.9 Å². The molecule has 3 aromatic rings. The highest BCUT2D eigenvalue weighted by atomic mass is 32.1. The van der Waals surface area contributed by atoms with Crippen molar-refractivity contribution in [3.05, 3.63) is 41.0 Å². The van der Waals surface area contributed by atoms with E-state index in [2.05, 4.69) is 20.4 Å². The number of ether oxygens (including phenoxy) is 2. The Morgan fingerprint density at radius 1 is 1.21 bits per heavy atom. The predicted molar refractivity (Wildman–Crippen MR) is 105 cm³/mol. The Bertz CT molecular complexity index is 980. The lowest BCUT2D eigenvalue weighted by Crippen LogP contribution is -2.42. The van der Waals surface area contributed by atoms with E-state index >= 15 is 0 Å². The SMILES string of the molecule is COc1ccc(-c2nc(CC(=O)NC(C)(C)c3noc(C)n3)cs2)cc1OC. The Hall–Kier alpha value is -2.94. The van der Waals surface area contributed by atoms with Crippen LogP contribution in [0.1, 0.15) is 31.3 Å². The second kappa shape index (κ2) is 7.97. The van der Waals surface area contributed by atoms with Gasteiger partial charge in [0.25, 0.3) is 0 Å². The first-order valence-electron chi connectivity index (χ1n) is 8.61. The molecule has 0 spiro atoms. The van der Waals surface area contributed by atoms with E-state index in [1.165, 1.54) is 11.3 Å². The molecule has 0 unspecified atom stereocenters. The van der Waals surface area contributed by atoms with Crippen LogP contribution in [-0.2, 0) is 16.8 Å². The van der Waals surface area contributed by atoms with Crippen molar-refractivity contribution in [2.45, 2.75) is 32.7 Å². The molecule has 1 N–H and O–H groups in total. The van der Waals surface area contributed by atoms with Crippen molar-refractivity contribution in [3.63, 3.8) is 0 Å². The maximum absolute atomic E-state index is 12.5. The number of carbonyl (C=O) groups excluding carboxylic acids is 1. The van der Waals surface area contributed by atoms with Gasteiger partial charge in [-0.05, 0) is 32.0 Å². The van der Waals surface area contributed by atoms with Crippen molar-refractivity contribution in [1.29, 1.82) is 0 Å². The summed E-state index contributed by atoms with van der Waals surface area (Å²) < 4.78 is 15.6. The van der Waals surface area contributed by atoms with Gasteiger partial charge < -0.3 is 19.3 Å². The van der Waals surface area contributed by atoms with E-state index in [4.69, 9.17) is 14.0 Å². The van der Waals surface area contributed by atoms with Gasteiger partial charge in [-0.25, -0.2) is 4.98 Å². The molecule has 9 heteroatoms. The van der Waals surface area contributed by atoms with Crippen LogP contribution in [0.5, 0.6) is 11.5 Å². The first kappa shape index (κ1) is 19.8. The minimum Gasteiger partial charge on any atom is -0.493 e. The zero-order valence-electron chi connectivity index (χ0n) is 16.4. The second-order valence-electron chi connectivity index (χ2n) is 6.70. The van der Waals surface area contributed by atoms with Crippen LogP contribution in [0.15, 0.2) is 28.1 Å². The second-order valence-corrected chi connectivity index (χ2v) is 7.56. The summed E-state index contributed by atoms with van der Waals surface area (Å²) in [7, 11) is 3.18. The van der Waals surface area contributed by atoms with Gasteiger partial charge in [0.2, 0.25) is 11.8 Å². The molecule has 3 rings (SSSR count). The summed E-state index contributed by atoms with van der Waals surface area (Å²) in [6.45, 7) is 5.36. The summed E-state index contributed by atoms with van der Waals surface area (Å²) in [6.07, 6.45) is 0.157. The molecular weight excluding hydrogens is 380 g/mol. The first-order chi connectivity index (χ1) is 13.3. The van der Waals surface area contributed by atoms with E-state index in [9.17, 15) is 4.79 Å². The van der Waals surface area contributed by atoms with Crippen LogP contribution in [0.4, 0.5) is 0 Å². The van der Waals surface area contributed by atoms with Gasteiger partial charge in [0, 0.05) is 17.9 Å². The molecular formula is C19H22N4O4S. The Labute approximate surface area is 166 Å². The van der Waals surface area contributed by atoms with Crippen molar-refractivity contribution < 1.29 is 18.8 Å². The molecule has 0 radical (unpaired) electrons. The van der Waals surface area contributed by atoms with E-state index in [0.717, 1.165) is 10.6 Å². The van der Waals surface area contributed by atoms with Crippen LogP contribution < -0.4 is 14.8 Å². The minimum absolute atomic E-state index is 0.157. The molecule has 0 aliphatic carbocycles. The highest BCUT2D eigenvalue weighted by Crippen LogP contribution is 2.33. The van der Waals surface area contributed by atoms with Crippen LogP contribution >= 0.6 is 11.3 Å². The van der Waals surface area contributed by atoms with Gasteiger partial charge >= 0.3 is 0 Å². The van der Waals surface area contributed by atoms with E-state index in [1.54, 1.807) is 21.1 Å². The molecule has 2 heterocycles. The van der Waals surface area contributed by atoms with Crippen LogP contribution in [0.25, 0.3) is 10.6 Å². The third-order valence-electron chi connectivity index (χ3n) is 4.06. The summed E-state index contributed by atoms with van der Waals surface area (Å²) in [6, 6.07) is 5.60. The topological polar surface area (TPSA) is 99.4 Å². The third kappa shape index (κ3) is 4.30. The molecule has 0 bridgehead atoms. The van der Waals surface area contributed by atoms with Crippen LogP contribution in [0.3, 0.4) is 0 Å². The lowest BCUT2D eigenvalue weighted by molar-refractivity contribution is -0.122. The number of aromatic nitrogens is 3. The highest BCUT2D eigenvalue weighted by Gasteiger charge is 2.28. The number of carbonyl (C=O) groups is 1. The van der Waals surface area contributed by atoms with E-state index in [0.29, 0.717) is 28.9 Å². The van der Waals surface area contributed by atoms with Crippen molar-refractivity contribution in [1.82, 2.24) is 20.4 Å². The lowest BCUT2D eigenvalue weighted by atomic mass is 10.0. The molecule has 0 saturated carbocycles. The number of benzene rings is 1. The van der Waals surface area contributed by atoms with Gasteiger partial charge in [-0.15, -0.1) is 11.3 Å². The third-order valence-corrected chi connectivity index (χ3v) is 5.00. The first-order valence-corrected chi connectivity index (χ1v) is 9.49. The van der Waals surface area contributed by atoms with E-state index in [-0.39, 0.29) is 12.3 Å². The lowest BCUT2D eigenvalue weighted by Gasteiger charge is -2.22. The van der Waals surface area contributed by atoms with E-state index in [1.807, 2.05) is 37.4 Å². The zero-order chi connectivity index (χ0) is 20.3. The number of hydrogen-bond donors (Lipinski definition) is 1. The summed E-state index contributed by atoms with van der Waals surface area (Å²) >= 11 is 1.47. The van der Waals surface area contributed by atoms with Crippen LogP contribution in [0.2, 0.25) is 0 Å². The van der Waals surface area contributed by atoms with Crippen molar-refractivity contribution in [3.8, 4) is 22.1 Å². The maximum Gasteiger partial charge on any atom is 0.226 e. The quantitative estimate of drug-likeness (QED) is 0.648. The number of aryl methyl sites for hydroxylation is 1. The molecule has 0 aliphatic rings. The van der Waals surface area contributed by atoms with Crippen molar-refractivity contribution in [2.75, 3.05) is 14.2 Å². The largest absolute Gasteiger partial charge is 0.493 e. The fourth-order valence-electron chi connectivity index (χ4n) is 2.66. The molecule has 0 aliphatic heterocycles. The molecule has 1 aromatic carbocycles. The summed E-state index contributed by atoms with van der Waals surface area (Å²) in [4.78, 5) is 21.2. The molecule has 0 fully saturated rings. The summed E-state index contributed by atoms with van der Waals surface area (Å²) in [5, 5.41) is 9.48. The molecule has 28 heavy (non-hydrogen) atoms. The maximum atomic E-state index is 12.5. The van der Waals surface area contributed by atoms with Crippen LogP contribution in [0, 0.1) is 6.92 Å². The Kier molecular flexibility index (Phi) is 5.64. The van der Waals surface area contributed by atoms with Crippen LogP contribution in [-0.4, -0.2) is 35.3 Å². The van der Waals surface area contributed by atoms with Crippen molar-refractivity contribution >= 4 is 17.2 Å². The van der Waals surface area contributed by atoms with E-state index < -0.39 is 5.54 Å². The number of rotatable bonds is 7. The van der Waals surface area contributed by atoms with Gasteiger partial charge in [-0.2, -0.15) is 4.98 Å². The molecule has 1 amide bonds. The standard InChI is InChI=1S/C19H22N4O4S/c1-11-20-18(23-27-11)19(2,3)22-16(24)9-13-10-28-17(21-13)12-6-7-14(25-4)15(8-12)26-5/h6-8,10H,9H2,1-5H3,(H,22,24). The number of hydrogen-bond acceptors (Lipinski definition) is 8.